The predicted octanol–water partition coefficient (Wildman–Crippen LogP) is 5.20. The van der Waals surface area contributed by atoms with Gasteiger partial charge >= 0.3 is 0 Å². The minimum Gasteiger partial charge on any atom is -0.378 e. The van der Waals surface area contributed by atoms with Crippen LogP contribution in [-0.2, 0) is 9.47 Å². The Morgan fingerprint density at radius 1 is 0.591 bits per heavy atom. The Morgan fingerprint density at radius 2 is 1.09 bits per heavy atom. The van der Waals surface area contributed by atoms with Crippen molar-refractivity contribution in [2.75, 3.05) is 13.2 Å². The van der Waals surface area contributed by atoms with E-state index in [0.29, 0.717) is 12.2 Å². The van der Waals surface area contributed by atoms with Crippen molar-refractivity contribution in [3.63, 3.8) is 0 Å². The van der Waals surface area contributed by atoms with Crippen molar-refractivity contribution in [3.05, 3.63) is 0 Å². The maximum absolute atomic E-state index is 6.17. The third kappa shape index (κ3) is 4.06. The van der Waals surface area contributed by atoms with Crippen LogP contribution in [0.15, 0.2) is 0 Å². The van der Waals surface area contributed by atoms with Crippen molar-refractivity contribution < 1.29 is 9.47 Å². The highest BCUT2D eigenvalue weighted by Gasteiger charge is 2.46. The topological polar surface area (TPSA) is 18.5 Å². The maximum atomic E-state index is 6.17. The Morgan fingerprint density at radius 3 is 1.55 bits per heavy atom. The number of hydrogen-bond acceptors (Lipinski definition) is 2. The molecule has 0 saturated heterocycles. The van der Waals surface area contributed by atoms with Crippen LogP contribution in [0.2, 0.25) is 0 Å². The number of ether oxygens (including phenoxy) is 2. The minimum atomic E-state index is 0.579. The van der Waals surface area contributed by atoms with Crippen LogP contribution < -0.4 is 0 Å². The van der Waals surface area contributed by atoms with Crippen molar-refractivity contribution in [1.29, 1.82) is 0 Å². The van der Waals surface area contributed by atoms with E-state index in [1.54, 1.807) is 0 Å². The molecule has 0 bridgehead atoms. The van der Waals surface area contributed by atoms with E-state index in [1.807, 2.05) is 0 Å². The lowest BCUT2D eigenvalue weighted by molar-refractivity contribution is 0.0489. The van der Waals surface area contributed by atoms with Gasteiger partial charge in [0, 0.05) is 13.2 Å². The Labute approximate surface area is 137 Å². The summed E-state index contributed by atoms with van der Waals surface area (Å²) in [6.07, 6.45) is 14.5. The molecule has 3 saturated carbocycles. The van der Waals surface area contributed by atoms with E-state index in [1.165, 1.54) is 57.8 Å². The molecule has 2 nitrogen and oxygen atoms in total. The quantitative estimate of drug-likeness (QED) is 0.574. The fourth-order valence-electron chi connectivity index (χ4n) is 5.40. The zero-order valence-corrected chi connectivity index (χ0v) is 14.8. The molecule has 0 aliphatic heterocycles. The normalized spacial score (nSPS) is 40.6. The third-order valence-corrected chi connectivity index (χ3v) is 6.47. The Bertz CT molecular complexity index is 308. The maximum Gasteiger partial charge on any atom is 0.0580 e. The van der Waals surface area contributed by atoms with Crippen LogP contribution in [-0.4, -0.2) is 25.4 Å². The van der Waals surface area contributed by atoms with Crippen LogP contribution in [0.25, 0.3) is 0 Å². The first-order chi connectivity index (χ1) is 10.8. The summed E-state index contributed by atoms with van der Waals surface area (Å²) in [5.74, 6) is 3.84. The standard InChI is InChI=1S/C20H36O2/c1-3-5-6-8-22-20-13-17-9-15-11-19(21-7-4-2)12-16(15)10-18(17)14-20/h15-20H,3-14H2,1-2H3. The van der Waals surface area contributed by atoms with Gasteiger partial charge in [0.25, 0.3) is 0 Å². The Kier molecular flexibility index (Phi) is 6.21. The zero-order valence-electron chi connectivity index (χ0n) is 14.8. The van der Waals surface area contributed by atoms with Gasteiger partial charge in [-0.1, -0.05) is 26.7 Å². The monoisotopic (exact) mass is 308 g/mol. The lowest BCUT2D eigenvalue weighted by Crippen LogP contribution is -2.25. The van der Waals surface area contributed by atoms with Gasteiger partial charge in [0.2, 0.25) is 0 Å². The molecule has 0 aromatic carbocycles. The molecule has 0 heterocycles. The van der Waals surface area contributed by atoms with Crippen molar-refractivity contribution in [1.82, 2.24) is 0 Å². The van der Waals surface area contributed by atoms with Gasteiger partial charge in [-0.2, -0.15) is 0 Å². The van der Waals surface area contributed by atoms with Gasteiger partial charge in [0.05, 0.1) is 12.2 Å². The van der Waals surface area contributed by atoms with Gasteiger partial charge < -0.3 is 9.47 Å². The fraction of sp³-hybridized carbons (Fsp3) is 1.00. The first-order valence-corrected chi connectivity index (χ1v) is 10.0. The van der Waals surface area contributed by atoms with Gasteiger partial charge in [-0.3, -0.25) is 0 Å². The number of fused-ring (bicyclic) bond motifs is 2. The highest BCUT2D eigenvalue weighted by atomic mass is 16.5. The van der Waals surface area contributed by atoms with Crippen molar-refractivity contribution in [2.24, 2.45) is 23.7 Å². The molecule has 3 aliphatic rings. The second kappa shape index (κ2) is 8.15. The lowest BCUT2D eigenvalue weighted by atomic mass is 9.71. The molecule has 0 radical (unpaired) electrons. The summed E-state index contributed by atoms with van der Waals surface area (Å²) in [4.78, 5) is 0. The van der Waals surface area contributed by atoms with Crippen LogP contribution in [0, 0.1) is 23.7 Å². The molecule has 3 rings (SSSR count). The largest absolute Gasteiger partial charge is 0.378 e. The van der Waals surface area contributed by atoms with Gasteiger partial charge in [-0.15, -0.1) is 0 Å². The van der Waals surface area contributed by atoms with E-state index in [4.69, 9.17) is 9.47 Å². The summed E-state index contributed by atoms with van der Waals surface area (Å²) in [5.41, 5.74) is 0. The Hall–Kier alpha value is -0.0800. The lowest BCUT2D eigenvalue weighted by Gasteiger charge is -2.34. The molecule has 0 aromatic heterocycles. The molecule has 0 N–H and O–H groups in total. The summed E-state index contributed by atoms with van der Waals surface area (Å²) in [7, 11) is 0. The van der Waals surface area contributed by atoms with Gasteiger partial charge in [-0.25, -0.2) is 0 Å². The summed E-state index contributed by atoms with van der Waals surface area (Å²) < 4.78 is 12.2. The van der Waals surface area contributed by atoms with Crippen LogP contribution in [0.5, 0.6) is 0 Å². The highest BCUT2D eigenvalue weighted by Crippen LogP contribution is 2.53. The number of unbranched alkanes of at least 4 members (excludes halogenated alkanes) is 2. The molecular weight excluding hydrogens is 272 g/mol. The summed E-state index contributed by atoms with van der Waals surface area (Å²) in [5, 5.41) is 0. The smallest absolute Gasteiger partial charge is 0.0580 e. The molecule has 4 unspecified atom stereocenters. The molecular formula is C20H36O2. The molecule has 3 aliphatic carbocycles. The van der Waals surface area contributed by atoms with E-state index in [-0.39, 0.29) is 0 Å². The van der Waals surface area contributed by atoms with Crippen LogP contribution >= 0.6 is 0 Å². The highest BCUT2D eigenvalue weighted by molar-refractivity contribution is 4.97. The second-order valence-corrected chi connectivity index (χ2v) is 8.15. The Balaban J connectivity index is 1.41. The molecule has 0 amide bonds. The van der Waals surface area contributed by atoms with Crippen molar-refractivity contribution in [2.45, 2.75) is 90.3 Å². The van der Waals surface area contributed by atoms with E-state index < -0.39 is 0 Å². The molecule has 2 heteroatoms. The summed E-state index contributed by atoms with van der Waals surface area (Å²) >= 11 is 0. The van der Waals surface area contributed by atoms with Crippen LogP contribution in [0.1, 0.15) is 78.1 Å². The summed E-state index contributed by atoms with van der Waals surface area (Å²) in [6.45, 7) is 6.44. The SMILES string of the molecule is CCCCCOC1CC2CC3CC(OCCC)CC3CC2C1. The first-order valence-electron chi connectivity index (χ1n) is 10.0. The first kappa shape index (κ1) is 16.8. The summed E-state index contributed by atoms with van der Waals surface area (Å²) in [6, 6.07) is 0. The van der Waals surface area contributed by atoms with E-state index in [2.05, 4.69) is 13.8 Å². The number of rotatable bonds is 8. The third-order valence-electron chi connectivity index (χ3n) is 6.47. The van der Waals surface area contributed by atoms with Crippen molar-refractivity contribution >= 4 is 0 Å². The van der Waals surface area contributed by atoms with E-state index in [0.717, 1.165) is 43.3 Å². The van der Waals surface area contributed by atoms with Gasteiger partial charge in [-0.05, 0) is 75.0 Å². The second-order valence-electron chi connectivity index (χ2n) is 8.15. The minimum absolute atomic E-state index is 0.579. The zero-order chi connectivity index (χ0) is 15.4. The fourth-order valence-corrected chi connectivity index (χ4v) is 5.40. The van der Waals surface area contributed by atoms with Gasteiger partial charge in [0.1, 0.15) is 0 Å². The molecule has 0 aromatic rings. The molecule has 3 fully saturated rings. The van der Waals surface area contributed by atoms with Crippen LogP contribution in [0.4, 0.5) is 0 Å². The molecule has 4 atom stereocenters. The van der Waals surface area contributed by atoms with Gasteiger partial charge in [0.15, 0.2) is 0 Å². The van der Waals surface area contributed by atoms with Crippen molar-refractivity contribution in [3.8, 4) is 0 Å². The number of hydrogen-bond donors (Lipinski definition) is 0. The molecule has 22 heavy (non-hydrogen) atoms. The van der Waals surface area contributed by atoms with E-state index in [9.17, 15) is 0 Å². The van der Waals surface area contributed by atoms with E-state index >= 15 is 0 Å². The average Bonchev–Trinajstić information content (AvgIpc) is 3.09. The molecule has 0 spiro atoms. The molecule has 128 valence electrons. The average molecular weight is 309 g/mol. The predicted molar refractivity (Wildman–Crippen MR) is 91.0 cm³/mol. The van der Waals surface area contributed by atoms with Crippen LogP contribution in [0.3, 0.4) is 0 Å².